The number of carbonyl (C=O) groups excluding carboxylic acids is 1. The average molecular weight is 583 g/mol. The molecule has 2 aliphatic heterocycles. The Kier molecular flexibility index (Phi) is 7.48. The van der Waals surface area contributed by atoms with Crippen LogP contribution in [0.1, 0.15) is 45.6 Å². The minimum Gasteiger partial charge on any atom is -0.492 e. The zero-order valence-corrected chi connectivity index (χ0v) is 25.2. The average Bonchev–Trinajstić information content (AvgIpc) is 3.63. The van der Waals surface area contributed by atoms with Gasteiger partial charge in [0.05, 0.1) is 24.3 Å². The number of pyridine rings is 1. The molecule has 1 unspecified atom stereocenters. The Morgan fingerprint density at radius 2 is 1.98 bits per heavy atom. The fourth-order valence-corrected chi connectivity index (χ4v) is 7.14. The van der Waals surface area contributed by atoms with Crippen LogP contribution in [0.15, 0.2) is 60.8 Å². The molecule has 1 saturated carbocycles. The van der Waals surface area contributed by atoms with E-state index >= 15 is 0 Å². The molecular weight excluding hydrogens is 544 g/mol. The predicted octanol–water partition coefficient (Wildman–Crippen LogP) is 5.61. The molecule has 2 aromatic carbocycles. The summed E-state index contributed by atoms with van der Waals surface area (Å²) in [7, 11) is 2.12. The lowest BCUT2D eigenvalue weighted by Gasteiger charge is -2.37. The van der Waals surface area contributed by atoms with E-state index in [1.54, 1.807) is 0 Å². The van der Waals surface area contributed by atoms with Gasteiger partial charge in [0.25, 0.3) is 5.91 Å². The molecule has 4 heterocycles. The highest BCUT2D eigenvalue weighted by molar-refractivity contribution is 7.15. The smallest absolute Gasteiger partial charge is 0.252 e. The third kappa shape index (κ3) is 5.56. The third-order valence-corrected chi connectivity index (χ3v) is 10.2. The number of hydrogen-bond acceptors (Lipinski definition) is 7. The number of hydrogen-bond donors (Lipinski definition) is 1. The van der Waals surface area contributed by atoms with E-state index in [2.05, 4.69) is 52.5 Å². The molecule has 218 valence electrons. The first-order valence-electron chi connectivity index (χ1n) is 15.0. The van der Waals surface area contributed by atoms with Gasteiger partial charge in [0, 0.05) is 52.6 Å². The lowest BCUT2D eigenvalue weighted by Crippen LogP contribution is -2.48. The molecule has 42 heavy (non-hydrogen) atoms. The zero-order valence-electron chi connectivity index (χ0n) is 24.4. The van der Waals surface area contributed by atoms with Crippen molar-refractivity contribution in [3.63, 3.8) is 0 Å². The van der Waals surface area contributed by atoms with Gasteiger partial charge in [-0.3, -0.25) is 19.6 Å². The maximum atomic E-state index is 13.8. The van der Waals surface area contributed by atoms with Gasteiger partial charge in [-0.25, -0.2) is 0 Å². The summed E-state index contributed by atoms with van der Waals surface area (Å²) in [4.78, 5) is 25.9. The Balaban J connectivity index is 1.14. The Morgan fingerprint density at radius 1 is 1.12 bits per heavy atom. The Morgan fingerprint density at radius 3 is 2.74 bits per heavy atom. The first-order chi connectivity index (χ1) is 20.5. The maximum absolute atomic E-state index is 13.8. The molecule has 1 aliphatic carbocycles. The highest BCUT2D eigenvalue weighted by Gasteiger charge is 2.47. The monoisotopic (exact) mass is 582 g/mol. The van der Waals surface area contributed by atoms with Crippen LogP contribution in [0.5, 0.6) is 5.75 Å². The van der Waals surface area contributed by atoms with Crippen LogP contribution in [0.3, 0.4) is 0 Å². The van der Waals surface area contributed by atoms with Crippen molar-refractivity contribution in [3.8, 4) is 16.2 Å². The Labute approximate surface area is 251 Å². The number of aromatic nitrogens is 1. The quantitative estimate of drug-likeness (QED) is 0.277. The molecule has 4 aromatic rings. The molecular formula is C34H38N4O3S. The standard InChI is InChI=1S/C34H38N4O3S/c1-23-5-6-26(41-22-25-9-13-37(25)2)20-29(23)33(39)36-34(10-11-34)30-18-24(19-31-28(30)4-3-12-35-31)32-8-7-27(42-32)21-38-14-16-40-17-15-38/h3-8,12,18-20,25H,9-11,13-17,21-22H2,1-2H3,(H,36,39). The first-order valence-corrected chi connectivity index (χ1v) is 15.8. The number of likely N-dealkylation sites (N-methyl/N-ethyl adjacent to an activating group) is 1. The highest BCUT2D eigenvalue weighted by atomic mass is 32.1. The maximum Gasteiger partial charge on any atom is 0.252 e. The Bertz CT molecular complexity index is 1610. The second kappa shape index (κ2) is 11.4. The van der Waals surface area contributed by atoms with Gasteiger partial charge in [0.1, 0.15) is 12.4 Å². The molecule has 7 rings (SSSR count). The lowest BCUT2D eigenvalue weighted by molar-refractivity contribution is 0.0346. The van der Waals surface area contributed by atoms with Crippen LogP contribution in [0.25, 0.3) is 21.3 Å². The number of benzene rings is 2. The van der Waals surface area contributed by atoms with Crippen LogP contribution >= 0.6 is 11.3 Å². The summed E-state index contributed by atoms with van der Waals surface area (Å²) >= 11 is 1.84. The van der Waals surface area contributed by atoms with Crippen LogP contribution in [-0.4, -0.2) is 73.2 Å². The molecule has 7 nitrogen and oxygen atoms in total. The summed E-state index contributed by atoms with van der Waals surface area (Å²) in [5.41, 5.74) is 4.48. The number of nitrogens with one attached hydrogen (secondary N) is 1. The van der Waals surface area contributed by atoms with E-state index in [1.807, 2.05) is 48.7 Å². The molecule has 8 heteroatoms. The largest absolute Gasteiger partial charge is 0.492 e. The summed E-state index contributed by atoms with van der Waals surface area (Å²) in [5, 5.41) is 4.55. The number of nitrogens with zero attached hydrogens (tertiary/aromatic N) is 3. The van der Waals surface area contributed by atoms with Crippen molar-refractivity contribution in [2.75, 3.05) is 46.5 Å². The van der Waals surface area contributed by atoms with E-state index < -0.39 is 5.54 Å². The van der Waals surface area contributed by atoms with Crippen molar-refractivity contribution in [2.45, 2.75) is 44.3 Å². The predicted molar refractivity (Wildman–Crippen MR) is 167 cm³/mol. The van der Waals surface area contributed by atoms with E-state index in [-0.39, 0.29) is 5.91 Å². The third-order valence-electron chi connectivity index (χ3n) is 9.10. The molecule has 1 amide bonds. The van der Waals surface area contributed by atoms with Gasteiger partial charge < -0.3 is 14.8 Å². The number of morpholine rings is 1. The van der Waals surface area contributed by atoms with E-state index in [0.29, 0.717) is 18.2 Å². The number of likely N-dealkylation sites (tertiary alicyclic amines) is 1. The number of ether oxygens (including phenoxy) is 2. The van der Waals surface area contributed by atoms with Crippen molar-refractivity contribution in [3.05, 3.63) is 82.4 Å². The van der Waals surface area contributed by atoms with Crippen molar-refractivity contribution in [1.82, 2.24) is 20.1 Å². The summed E-state index contributed by atoms with van der Waals surface area (Å²) in [6.45, 7) is 8.27. The SMILES string of the molecule is Cc1ccc(OCC2CCN2C)cc1C(=O)NC1(c2cc(-c3ccc(CN4CCOCC4)s3)cc3ncccc23)CC1. The minimum absolute atomic E-state index is 0.0532. The van der Waals surface area contributed by atoms with Gasteiger partial charge in [-0.1, -0.05) is 12.1 Å². The van der Waals surface area contributed by atoms with E-state index in [4.69, 9.17) is 14.5 Å². The van der Waals surface area contributed by atoms with Crippen LogP contribution in [-0.2, 0) is 16.8 Å². The molecule has 3 aliphatic rings. The van der Waals surface area contributed by atoms with E-state index in [0.717, 1.165) is 92.0 Å². The van der Waals surface area contributed by atoms with Crippen molar-refractivity contribution < 1.29 is 14.3 Å². The Hall–Kier alpha value is -3.30. The molecule has 1 N–H and O–H groups in total. The van der Waals surface area contributed by atoms with Gasteiger partial charge in [0.15, 0.2) is 0 Å². The molecule has 2 aromatic heterocycles. The fraction of sp³-hybridized carbons (Fsp3) is 0.412. The fourth-order valence-electron chi connectivity index (χ4n) is 6.10. The topological polar surface area (TPSA) is 66.9 Å². The van der Waals surface area contributed by atoms with Gasteiger partial charge in [-0.2, -0.15) is 0 Å². The van der Waals surface area contributed by atoms with Crippen LogP contribution < -0.4 is 10.1 Å². The second-order valence-electron chi connectivity index (χ2n) is 12.0. The zero-order chi connectivity index (χ0) is 28.7. The molecule has 1 atom stereocenters. The number of fused-ring (bicyclic) bond motifs is 1. The second-order valence-corrected chi connectivity index (χ2v) is 13.2. The number of thiophene rings is 1. The molecule has 2 saturated heterocycles. The van der Waals surface area contributed by atoms with Crippen LogP contribution in [0.4, 0.5) is 0 Å². The minimum atomic E-state index is -0.403. The highest BCUT2D eigenvalue weighted by Crippen LogP contribution is 2.49. The molecule has 3 fully saturated rings. The van der Waals surface area contributed by atoms with Crippen LogP contribution in [0, 0.1) is 6.92 Å². The first kappa shape index (κ1) is 27.5. The molecule has 0 spiro atoms. The molecule has 0 radical (unpaired) electrons. The molecule has 0 bridgehead atoms. The lowest BCUT2D eigenvalue weighted by atomic mass is 9.95. The van der Waals surface area contributed by atoms with E-state index in [1.165, 1.54) is 9.75 Å². The summed E-state index contributed by atoms with van der Waals surface area (Å²) in [5.74, 6) is 0.695. The van der Waals surface area contributed by atoms with Crippen molar-refractivity contribution in [1.29, 1.82) is 0 Å². The van der Waals surface area contributed by atoms with Gasteiger partial charge >= 0.3 is 0 Å². The summed E-state index contributed by atoms with van der Waals surface area (Å²) in [6.07, 6.45) is 4.81. The van der Waals surface area contributed by atoms with Gasteiger partial charge in [-0.15, -0.1) is 11.3 Å². The van der Waals surface area contributed by atoms with Gasteiger partial charge in [-0.05, 0) is 98.9 Å². The summed E-state index contributed by atoms with van der Waals surface area (Å²) in [6, 6.07) is 19.4. The summed E-state index contributed by atoms with van der Waals surface area (Å²) < 4.78 is 11.6. The number of aryl methyl sites for hydroxylation is 1. The van der Waals surface area contributed by atoms with E-state index in [9.17, 15) is 4.79 Å². The van der Waals surface area contributed by atoms with Crippen LogP contribution in [0.2, 0.25) is 0 Å². The normalized spacial score (nSPS) is 20.3. The van der Waals surface area contributed by atoms with Crippen molar-refractivity contribution in [2.24, 2.45) is 0 Å². The number of amides is 1. The van der Waals surface area contributed by atoms with Gasteiger partial charge in [0.2, 0.25) is 0 Å². The van der Waals surface area contributed by atoms with Crippen molar-refractivity contribution >= 4 is 28.1 Å². The number of carbonyl (C=O) groups is 1. The number of rotatable bonds is 9.